The maximum absolute atomic E-state index is 12.8. The molecule has 0 spiro atoms. The summed E-state index contributed by atoms with van der Waals surface area (Å²) in [7, 11) is 0. The van der Waals surface area contributed by atoms with Crippen LogP contribution in [0.5, 0.6) is 0 Å². The number of hydrogen-bond donors (Lipinski definition) is 2. The van der Waals surface area contributed by atoms with Gasteiger partial charge in [0.1, 0.15) is 19.0 Å². The minimum Gasteiger partial charge on any atom is -0.369 e. The Labute approximate surface area is 129 Å². The Morgan fingerprint density at radius 3 is 2.35 bits per heavy atom. The van der Waals surface area contributed by atoms with E-state index in [9.17, 15) is 27.2 Å². The topological polar surface area (TPSA) is 81.4 Å². The van der Waals surface area contributed by atoms with Crippen LogP contribution in [0, 0.1) is 11.7 Å². The molecule has 1 aromatic rings. The number of rotatable bonds is 8. The van der Waals surface area contributed by atoms with E-state index < -0.39 is 42.9 Å². The fourth-order valence-corrected chi connectivity index (χ4v) is 1.73. The summed E-state index contributed by atoms with van der Waals surface area (Å²) in [4.78, 5) is 22.7. The summed E-state index contributed by atoms with van der Waals surface area (Å²) in [6.07, 6.45) is -4.35. The molecule has 1 unspecified atom stereocenters. The molecule has 0 saturated carbocycles. The third-order valence-corrected chi connectivity index (χ3v) is 2.84. The molecule has 1 atom stereocenters. The van der Waals surface area contributed by atoms with E-state index >= 15 is 0 Å². The largest absolute Gasteiger partial charge is 0.411 e. The minimum atomic E-state index is -4.52. The summed E-state index contributed by atoms with van der Waals surface area (Å²) in [5.41, 5.74) is 5.85. The Hall–Kier alpha value is -2.16. The van der Waals surface area contributed by atoms with Crippen molar-refractivity contribution in [3.8, 4) is 0 Å². The molecular weight excluding hydrogens is 320 g/mol. The molecule has 0 aliphatic rings. The maximum Gasteiger partial charge on any atom is 0.411 e. The molecule has 23 heavy (non-hydrogen) atoms. The van der Waals surface area contributed by atoms with E-state index in [-0.39, 0.29) is 13.0 Å². The average molecular weight is 336 g/mol. The van der Waals surface area contributed by atoms with Crippen LogP contribution in [-0.2, 0) is 20.7 Å². The molecule has 2 amide bonds. The number of alkyl halides is 3. The fourth-order valence-electron chi connectivity index (χ4n) is 1.73. The van der Waals surface area contributed by atoms with Crippen molar-refractivity contribution in [1.29, 1.82) is 0 Å². The van der Waals surface area contributed by atoms with Crippen LogP contribution >= 0.6 is 0 Å². The zero-order valence-corrected chi connectivity index (χ0v) is 12.0. The molecule has 0 fully saturated rings. The first-order valence-corrected chi connectivity index (χ1v) is 6.62. The first kappa shape index (κ1) is 18.9. The number of nitrogens with two attached hydrogens (primary N) is 1. The smallest absolute Gasteiger partial charge is 0.369 e. The Morgan fingerprint density at radius 1 is 1.22 bits per heavy atom. The van der Waals surface area contributed by atoms with Crippen LogP contribution in [-0.4, -0.2) is 37.7 Å². The Bertz CT molecular complexity index is 532. The zero-order chi connectivity index (χ0) is 17.5. The van der Waals surface area contributed by atoms with Gasteiger partial charge in [0, 0.05) is 6.54 Å². The molecule has 0 aliphatic carbocycles. The minimum absolute atomic E-state index is 0.152. The van der Waals surface area contributed by atoms with E-state index in [0.29, 0.717) is 5.56 Å². The van der Waals surface area contributed by atoms with Crippen LogP contribution in [0.25, 0.3) is 0 Å². The summed E-state index contributed by atoms with van der Waals surface area (Å²) < 4.78 is 52.5. The van der Waals surface area contributed by atoms with Gasteiger partial charge in [0.25, 0.3) is 0 Å². The van der Waals surface area contributed by atoms with Gasteiger partial charge in [0.05, 0.1) is 5.92 Å². The van der Waals surface area contributed by atoms with Crippen LogP contribution in [0.1, 0.15) is 5.56 Å². The van der Waals surface area contributed by atoms with Gasteiger partial charge in [-0.3, -0.25) is 9.59 Å². The summed E-state index contributed by atoms with van der Waals surface area (Å²) in [6, 6.07) is 5.38. The standard InChI is InChI=1S/C14H16F4N2O3/c15-11-3-1-9(2-4-11)5-10(13(19)22)6-20-12(21)7-23-8-14(16,17)18/h1-4,10H,5-8H2,(H2,19,22)(H,20,21). The second kappa shape index (κ2) is 8.47. The molecule has 0 aliphatic heterocycles. The van der Waals surface area contributed by atoms with E-state index in [0.717, 1.165) is 0 Å². The number of carbonyl (C=O) groups is 2. The number of ether oxygens (including phenoxy) is 1. The van der Waals surface area contributed by atoms with Crippen molar-refractivity contribution in [1.82, 2.24) is 5.32 Å². The van der Waals surface area contributed by atoms with Gasteiger partial charge in [0.2, 0.25) is 11.8 Å². The van der Waals surface area contributed by atoms with E-state index in [4.69, 9.17) is 5.73 Å². The Balaban J connectivity index is 2.42. The first-order chi connectivity index (χ1) is 10.7. The second-order valence-corrected chi connectivity index (χ2v) is 4.84. The quantitative estimate of drug-likeness (QED) is 0.699. The van der Waals surface area contributed by atoms with Gasteiger partial charge in [-0.15, -0.1) is 0 Å². The second-order valence-electron chi connectivity index (χ2n) is 4.84. The predicted octanol–water partition coefficient (Wildman–Crippen LogP) is 1.16. The summed E-state index contributed by atoms with van der Waals surface area (Å²) in [6.45, 7) is -2.46. The SMILES string of the molecule is NC(=O)C(CNC(=O)COCC(F)(F)F)Cc1ccc(F)cc1. The van der Waals surface area contributed by atoms with Crippen molar-refractivity contribution in [2.24, 2.45) is 11.7 Å². The monoisotopic (exact) mass is 336 g/mol. The lowest BCUT2D eigenvalue weighted by Gasteiger charge is -2.15. The molecule has 9 heteroatoms. The summed E-state index contributed by atoms with van der Waals surface area (Å²) in [5.74, 6) is -2.68. The van der Waals surface area contributed by atoms with Gasteiger partial charge in [-0.05, 0) is 24.1 Å². The molecule has 0 radical (unpaired) electrons. The Kier molecular flexibility index (Phi) is 6.95. The van der Waals surface area contributed by atoms with Crippen molar-refractivity contribution < 1.29 is 31.9 Å². The number of carbonyl (C=O) groups excluding carboxylic acids is 2. The van der Waals surface area contributed by atoms with E-state index in [1.807, 2.05) is 0 Å². The van der Waals surface area contributed by atoms with Crippen molar-refractivity contribution in [2.45, 2.75) is 12.6 Å². The number of nitrogens with one attached hydrogen (secondary N) is 1. The van der Waals surface area contributed by atoms with Gasteiger partial charge in [0.15, 0.2) is 0 Å². The third kappa shape index (κ3) is 8.15. The molecule has 5 nitrogen and oxygen atoms in total. The molecular formula is C14H16F4N2O3. The fraction of sp³-hybridized carbons (Fsp3) is 0.429. The molecule has 3 N–H and O–H groups in total. The number of primary amides is 1. The number of halogens is 4. The van der Waals surface area contributed by atoms with Gasteiger partial charge in [-0.1, -0.05) is 12.1 Å². The highest BCUT2D eigenvalue weighted by Gasteiger charge is 2.27. The Morgan fingerprint density at radius 2 is 1.83 bits per heavy atom. The van der Waals surface area contributed by atoms with Crippen LogP contribution in [0.4, 0.5) is 17.6 Å². The predicted molar refractivity (Wildman–Crippen MR) is 72.7 cm³/mol. The molecule has 0 saturated heterocycles. The number of amides is 2. The average Bonchev–Trinajstić information content (AvgIpc) is 2.43. The number of hydrogen-bond acceptors (Lipinski definition) is 3. The lowest BCUT2D eigenvalue weighted by Crippen LogP contribution is -2.39. The van der Waals surface area contributed by atoms with E-state index in [2.05, 4.69) is 10.1 Å². The molecule has 128 valence electrons. The van der Waals surface area contributed by atoms with Gasteiger partial charge in [-0.2, -0.15) is 13.2 Å². The lowest BCUT2D eigenvalue weighted by atomic mass is 9.98. The molecule has 1 aromatic carbocycles. The molecule has 0 bridgehead atoms. The van der Waals surface area contributed by atoms with Crippen molar-refractivity contribution >= 4 is 11.8 Å². The number of benzene rings is 1. The molecule has 0 aromatic heterocycles. The summed E-state index contributed by atoms with van der Waals surface area (Å²) in [5, 5.41) is 2.28. The molecule has 1 rings (SSSR count). The normalized spacial score (nSPS) is 12.7. The van der Waals surface area contributed by atoms with E-state index in [1.165, 1.54) is 24.3 Å². The highest BCUT2D eigenvalue weighted by molar-refractivity contribution is 5.80. The van der Waals surface area contributed by atoms with Crippen LogP contribution in [0.2, 0.25) is 0 Å². The van der Waals surface area contributed by atoms with Gasteiger partial charge in [-0.25, -0.2) is 4.39 Å². The highest BCUT2D eigenvalue weighted by atomic mass is 19.4. The van der Waals surface area contributed by atoms with Gasteiger partial charge < -0.3 is 15.8 Å². The first-order valence-electron chi connectivity index (χ1n) is 6.62. The van der Waals surface area contributed by atoms with Crippen molar-refractivity contribution in [2.75, 3.05) is 19.8 Å². The van der Waals surface area contributed by atoms with Crippen molar-refractivity contribution in [3.63, 3.8) is 0 Å². The van der Waals surface area contributed by atoms with Crippen LogP contribution in [0.15, 0.2) is 24.3 Å². The van der Waals surface area contributed by atoms with Gasteiger partial charge >= 0.3 is 6.18 Å². The van der Waals surface area contributed by atoms with Crippen molar-refractivity contribution in [3.05, 3.63) is 35.6 Å². The zero-order valence-electron chi connectivity index (χ0n) is 12.0. The third-order valence-electron chi connectivity index (χ3n) is 2.84. The maximum atomic E-state index is 12.8. The van der Waals surface area contributed by atoms with E-state index in [1.54, 1.807) is 0 Å². The molecule has 0 heterocycles. The van der Waals surface area contributed by atoms with Crippen LogP contribution < -0.4 is 11.1 Å². The van der Waals surface area contributed by atoms with Crippen LogP contribution in [0.3, 0.4) is 0 Å². The summed E-state index contributed by atoms with van der Waals surface area (Å²) >= 11 is 0. The lowest BCUT2D eigenvalue weighted by molar-refractivity contribution is -0.175. The highest BCUT2D eigenvalue weighted by Crippen LogP contribution is 2.14.